The Morgan fingerprint density at radius 3 is 2.71 bits per heavy atom. The number of aryl methyl sites for hydroxylation is 1. The van der Waals surface area contributed by atoms with E-state index in [1.807, 2.05) is 54.2 Å². The molecule has 110 valence electrons. The number of carbonyl (C=O) groups excluding carboxylic acids is 1. The molecule has 1 amide bonds. The fourth-order valence-electron chi connectivity index (χ4n) is 2.49. The van der Waals surface area contributed by atoms with Crippen molar-refractivity contribution in [3.63, 3.8) is 0 Å². The lowest BCUT2D eigenvalue weighted by Crippen LogP contribution is -2.18. The molecule has 4 nitrogen and oxygen atoms in total. The van der Waals surface area contributed by atoms with Crippen molar-refractivity contribution in [3.05, 3.63) is 53.9 Å². The zero-order valence-electron chi connectivity index (χ0n) is 12.3. The molecule has 1 aliphatic rings. The summed E-state index contributed by atoms with van der Waals surface area (Å²) in [5.74, 6) is 0.600. The largest absolute Gasteiger partial charge is 0.345 e. The monoisotopic (exact) mass is 283 g/mol. The second-order valence-corrected chi connectivity index (χ2v) is 5.89. The summed E-state index contributed by atoms with van der Waals surface area (Å²) in [6, 6.07) is 9.93. The molecule has 1 unspecified atom stereocenters. The molecular weight excluding hydrogens is 262 g/mol. The highest BCUT2D eigenvalue weighted by molar-refractivity contribution is 5.90. The van der Waals surface area contributed by atoms with Crippen LogP contribution in [0.4, 0.5) is 5.69 Å². The normalized spacial score (nSPS) is 15.7. The zero-order chi connectivity index (χ0) is 14.8. The first-order valence-electron chi connectivity index (χ1n) is 7.39. The van der Waals surface area contributed by atoms with Crippen LogP contribution in [0.3, 0.4) is 0 Å². The Kier molecular flexibility index (Phi) is 3.80. The topological polar surface area (TPSA) is 60.0 Å². The van der Waals surface area contributed by atoms with E-state index in [1.54, 1.807) is 0 Å². The molecule has 1 aromatic heterocycles. The number of nitrogens with zero attached hydrogens (tertiary/aromatic N) is 1. The molecule has 3 rings (SSSR count). The average molecular weight is 283 g/mol. The molecule has 2 aromatic rings. The van der Waals surface area contributed by atoms with Crippen LogP contribution in [0.5, 0.6) is 0 Å². The van der Waals surface area contributed by atoms with Crippen LogP contribution in [0.2, 0.25) is 0 Å². The quantitative estimate of drug-likeness (QED) is 0.886. The Hall–Kier alpha value is -2.07. The van der Waals surface area contributed by atoms with Gasteiger partial charge in [0.1, 0.15) is 6.54 Å². The van der Waals surface area contributed by atoms with Crippen molar-refractivity contribution < 1.29 is 4.79 Å². The third-order valence-corrected chi connectivity index (χ3v) is 3.95. The van der Waals surface area contributed by atoms with Gasteiger partial charge in [0.15, 0.2) is 0 Å². The molecule has 1 aliphatic carbocycles. The van der Waals surface area contributed by atoms with E-state index in [4.69, 9.17) is 5.73 Å². The van der Waals surface area contributed by atoms with Crippen LogP contribution in [0.1, 0.15) is 30.0 Å². The molecule has 0 bridgehead atoms. The van der Waals surface area contributed by atoms with Gasteiger partial charge in [0.25, 0.3) is 0 Å². The molecule has 4 heteroatoms. The van der Waals surface area contributed by atoms with Gasteiger partial charge in [0.05, 0.1) is 0 Å². The van der Waals surface area contributed by atoms with Gasteiger partial charge in [-0.15, -0.1) is 0 Å². The van der Waals surface area contributed by atoms with Crippen LogP contribution >= 0.6 is 0 Å². The number of anilines is 1. The van der Waals surface area contributed by atoms with Gasteiger partial charge >= 0.3 is 0 Å². The predicted molar refractivity (Wildman–Crippen MR) is 83.9 cm³/mol. The minimum absolute atomic E-state index is 0.0269. The number of amides is 1. The number of carbonyl (C=O) groups is 1. The first-order chi connectivity index (χ1) is 10.1. The summed E-state index contributed by atoms with van der Waals surface area (Å²) >= 11 is 0. The maximum absolute atomic E-state index is 12.0. The summed E-state index contributed by atoms with van der Waals surface area (Å²) < 4.78 is 1.89. The number of rotatable bonds is 5. The van der Waals surface area contributed by atoms with Crippen molar-refractivity contribution in [1.82, 2.24) is 4.57 Å². The van der Waals surface area contributed by atoms with Gasteiger partial charge in [-0.2, -0.15) is 0 Å². The van der Waals surface area contributed by atoms with E-state index >= 15 is 0 Å². The van der Waals surface area contributed by atoms with Crippen LogP contribution in [0, 0.1) is 12.8 Å². The van der Waals surface area contributed by atoms with Crippen LogP contribution < -0.4 is 11.1 Å². The van der Waals surface area contributed by atoms with Gasteiger partial charge in [0, 0.05) is 24.1 Å². The number of hydrogen-bond acceptors (Lipinski definition) is 2. The summed E-state index contributed by atoms with van der Waals surface area (Å²) in [7, 11) is 0. The lowest BCUT2D eigenvalue weighted by atomic mass is 10.1. The van der Waals surface area contributed by atoms with Crippen LogP contribution in [-0.4, -0.2) is 10.5 Å². The lowest BCUT2D eigenvalue weighted by Gasteiger charge is -2.08. The van der Waals surface area contributed by atoms with Crippen LogP contribution in [0.15, 0.2) is 42.7 Å². The van der Waals surface area contributed by atoms with Gasteiger partial charge in [-0.25, -0.2) is 0 Å². The molecule has 21 heavy (non-hydrogen) atoms. The van der Waals surface area contributed by atoms with Gasteiger partial charge in [-0.05, 0) is 49.4 Å². The van der Waals surface area contributed by atoms with E-state index in [2.05, 4.69) is 5.32 Å². The fourth-order valence-corrected chi connectivity index (χ4v) is 2.49. The van der Waals surface area contributed by atoms with E-state index < -0.39 is 0 Å². The SMILES string of the molecule is Cc1ccc(NC(=O)Cn2ccc(C(N)C3CC3)c2)cc1. The van der Waals surface area contributed by atoms with Gasteiger partial charge < -0.3 is 15.6 Å². The molecule has 1 atom stereocenters. The van der Waals surface area contributed by atoms with Crippen molar-refractivity contribution in [1.29, 1.82) is 0 Å². The maximum atomic E-state index is 12.0. The summed E-state index contributed by atoms with van der Waals surface area (Å²) in [6.45, 7) is 2.33. The summed E-state index contributed by atoms with van der Waals surface area (Å²) in [5.41, 5.74) is 9.30. The minimum atomic E-state index is -0.0269. The maximum Gasteiger partial charge on any atom is 0.244 e. The average Bonchev–Trinajstić information content (AvgIpc) is 3.21. The molecule has 1 aromatic carbocycles. The second-order valence-electron chi connectivity index (χ2n) is 5.89. The van der Waals surface area contributed by atoms with E-state index in [-0.39, 0.29) is 11.9 Å². The lowest BCUT2D eigenvalue weighted by molar-refractivity contribution is -0.116. The Morgan fingerprint density at radius 2 is 2.05 bits per heavy atom. The molecule has 0 spiro atoms. The fraction of sp³-hybridized carbons (Fsp3) is 0.353. The summed E-state index contributed by atoms with van der Waals surface area (Å²) in [4.78, 5) is 12.0. The van der Waals surface area contributed by atoms with E-state index in [1.165, 1.54) is 18.4 Å². The first kappa shape index (κ1) is 13.9. The molecule has 3 N–H and O–H groups in total. The second kappa shape index (κ2) is 5.74. The van der Waals surface area contributed by atoms with Gasteiger partial charge in [0.2, 0.25) is 5.91 Å². The number of nitrogens with two attached hydrogens (primary N) is 1. The first-order valence-corrected chi connectivity index (χ1v) is 7.39. The van der Waals surface area contributed by atoms with E-state index in [9.17, 15) is 4.79 Å². The molecule has 1 fully saturated rings. The van der Waals surface area contributed by atoms with Crippen molar-refractivity contribution in [3.8, 4) is 0 Å². The third-order valence-electron chi connectivity index (χ3n) is 3.95. The predicted octanol–water partition coefficient (Wildman–Crippen LogP) is 2.85. The van der Waals surface area contributed by atoms with Gasteiger partial charge in [-0.1, -0.05) is 17.7 Å². The highest BCUT2D eigenvalue weighted by Gasteiger charge is 2.29. The molecule has 0 radical (unpaired) electrons. The number of nitrogens with one attached hydrogen (secondary N) is 1. The highest BCUT2D eigenvalue weighted by Crippen LogP contribution is 2.39. The Morgan fingerprint density at radius 1 is 1.33 bits per heavy atom. The molecule has 0 saturated heterocycles. The number of hydrogen-bond donors (Lipinski definition) is 2. The van der Waals surface area contributed by atoms with Crippen LogP contribution in [0.25, 0.3) is 0 Å². The Balaban J connectivity index is 1.58. The van der Waals surface area contributed by atoms with Crippen LogP contribution in [-0.2, 0) is 11.3 Å². The number of benzene rings is 1. The Labute approximate surface area is 125 Å². The van der Waals surface area contributed by atoms with Crippen molar-refractivity contribution >= 4 is 11.6 Å². The van der Waals surface area contributed by atoms with Crippen molar-refractivity contribution in [2.24, 2.45) is 11.7 Å². The molecule has 0 aliphatic heterocycles. The molecule has 1 saturated carbocycles. The number of aromatic nitrogens is 1. The standard InChI is InChI=1S/C17H21N3O/c1-12-2-6-15(7-3-12)19-16(21)11-20-9-8-14(10-20)17(18)13-4-5-13/h2-3,6-10,13,17H,4-5,11,18H2,1H3,(H,19,21). The van der Waals surface area contributed by atoms with E-state index in [0.29, 0.717) is 12.5 Å². The molecule has 1 heterocycles. The third kappa shape index (κ3) is 3.52. The zero-order valence-corrected chi connectivity index (χ0v) is 12.3. The Bertz CT molecular complexity index is 626. The van der Waals surface area contributed by atoms with Crippen molar-refractivity contribution in [2.45, 2.75) is 32.4 Å². The smallest absolute Gasteiger partial charge is 0.244 e. The highest BCUT2D eigenvalue weighted by atomic mass is 16.1. The van der Waals surface area contributed by atoms with Crippen molar-refractivity contribution in [2.75, 3.05) is 5.32 Å². The van der Waals surface area contributed by atoms with Gasteiger partial charge in [-0.3, -0.25) is 4.79 Å². The minimum Gasteiger partial charge on any atom is -0.345 e. The van der Waals surface area contributed by atoms with E-state index in [0.717, 1.165) is 11.3 Å². The molecular formula is C17H21N3O. The summed E-state index contributed by atoms with van der Waals surface area (Å²) in [6.07, 6.45) is 6.35. The summed E-state index contributed by atoms with van der Waals surface area (Å²) in [5, 5.41) is 2.90.